The first-order chi connectivity index (χ1) is 13.7. The van der Waals surface area contributed by atoms with Crippen LogP contribution in [-0.2, 0) is 13.1 Å². The zero-order chi connectivity index (χ0) is 19.3. The monoisotopic (exact) mass is 372 g/mol. The predicted octanol–water partition coefficient (Wildman–Crippen LogP) is 4.68. The second-order valence-electron chi connectivity index (χ2n) is 6.48. The average Bonchev–Trinajstić information content (AvgIpc) is 3.26. The molecule has 2 heterocycles. The quantitative estimate of drug-likeness (QED) is 0.493. The first-order valence-corrected chi connectivity index (χ1v) is 9.03. The van der Waals surface area contributed by atoms with E-state index in [1.807, 2.05) is 66.7 Å². The Morgan fingerprint density at radius 1 is 0.964 bits per heavy atom. The molecule has 1 amide bonds. The van der Waals surface area contributed by atoms with E-state index in [4.69, 9.17) is 9.15 Å². The molecule has 2 aromatic carbocycles. The van der Waals surface area contributed by atoms with Gasteiger partial charge in [0, 0.05) is 11.9 Å². The molecular formula is C23H20N2O3. The van der Waals surface area contributed by atoms with Gasteiger partial charge in [-0.2, -0.15) is 0 Å². The first-order valence-electron chi connectivity index (χ1n) is 9.03. The standard InChI is InChI=1S/C23H20N2O3/c1-27-19-11-8-17(9-12-19)15-25(16-20-6-4-14-28-20)23(26)22-13-10-18-5-2-3-7-21(18)24-22/h2-14H,15-16H2,1H3. The third-order valence-electron chi connectivity index (χ3n) is 4.56. The van der Waals surface area contributed by atoms with Crippen LogP contribution in [0.2, 0.25) is 0 Å². The third kappa shape index (κ3) is 3.88. The number of fused-ring (bicyclic) bond motifs is 1. The van der Waals surface area contributed by atoms with Crippen LogP contribution in [0.4, 0.5) is 0 Å². The summed E-state index contributed by atoms with van der Waals surface area (Å²) in [5.74, 6) is 1.37. The minimum atomic E-state index is -0.141. The predicted molar refractivity (Wildman–Crippen MR) is 107 cm³/mol. The molecule has 5 heteroatoms. The Balaban J connectivity index is 1.63. The normalized spacial score (nSPS) is 10.8. The molecule has 0 radical (unpaired) electrons. The highest BCUT2D eigenvalue weighted by molar-refractivity contribution is 5.94. The van der Waals surface area contributed by atoms with Gasteiger partial charge in [-0.05, 0) is 42.0 Å². The number of amides is 1. The Hall–Kier alpha value is -3.60. The fourth-order valence-corrected chi connectivity index (χ4v) is 3.09. The Kier molecular flexibility index (Phi) is 5.06. The highest BCUT2D eigenvalue weighted by Crippen LogP contribution is 2.18. The van der Waals surface area contributed by atoms with Gasteiger partial charge in [0.1, 0.15) is 17.2 Å². The van der Waals surface area contributed by atoms with Crippen molar-refractivity contribution in [2.24, 2.45) is 0 Å². The van der Waals surface area contributed by atoms with Crippen LogP contribution >= 0.6 is 0 Å². The van der Waals surface area contributed by atoms with Crippen molar-refractivity contribution < 1.29 is 13.9 Å². The van der Waals surface area contributed by atoms with Crippen molar-refractivity contribution in [1.29, 1.82) is 0 Å². The number of pyridine rings is 1. The molecule has 0 aliphatic rings. The summed E-state index contributed by atoms with van der Waals surface area (Å²) >= 11 is 0. The van der Waals surface area contributed by atoms with Crippen molar-refractivity contribution in [3.63, 3.8) is 0 Å². The van der Waals surface area contributed by atoms with Crippen molar-refractivity contribution in [1.82, 2.24) is 9.88 Å². The molecule has 4 aromatic rings. The number of carbonyl (C=O) groups excluding carboxylic acids is 1. The average molecular weight is 372 g/mol. The number of hydrogen-bond acceptors (Lipinski definition) is 4. The Morgan fingerprint density at radius 2 is 1.79 bits per heavy atom. The van der Waals surface area contributed by atoms with E-state index in [0.717, 1.165) is 28.0 Å². The lowest BCUT2D eigenvalue weighted by Gasteiger charge is -2.22. The summed E-state index contributed by atoms with van der Waals surface area (Å²) in [5, 5.41) is 1.01. The number of furan rings is 1. The summed E-state index contributed by atoms with van der Waals surface area (Å²) in [5.41, 5.74) is 2.22. The minimum Gasteiger partial charge on any atom is -0.497 e. The van der Waals surface area contributed by atoms with Gasteiger partial charge in [-0.1, -0.05) is 36.4 Å². The lowest BCUT2D eigenvalue weighted by Crippen LogP contribution is -2.30. The molecule has 0 aliphatic carbocycles. The number of nitrogens with zero attached hydrogens (tertiary/aromatic N) is 2. The Labute approximate surface area is 163 Å². The van der Waals surface area contributed by atoms with Gasteiger partial charge in [-0.25, -0.2) is 4.98 Å². The van der Waals surface area contributed by atoms with E-state index in [1.165, 1.54) is 0 Å². The molecule has 0 saturated carbocycles. The van der Waals surface area contributed by atoms with Crippen LogP contribution in [0.3, 0.4) is 0 Å². The van der Waals surface area contributed by atoms with Crippen molar-refractivity contribution in [2.45, 2.75) is 13.1 Å². The minimum absolute atomic E-state index is 0.141. The number of aromatic nitrogens is 1. The lowest BCUT2D eigenvalue weighted by molar-refractivity contribution is 0.0712. The van der Waals surface area contributed by atoms with E-state index < -0.39 is 0 Å². The molecule has 0 bridgehead atoms. The number of para-hydroxylation sites is 1. The maximum absolute atomic E-state index is 13.2. The maximum Gasteiger partial charge on any atom is 0.273 e. The van der Waals surface area contributed by atoms with Gasteiger partial charge in [-0.15, -0.1) is 0 Å². The summed E-state index contributed by atoms with van der Waals surface area (Å²) in [4.78, 5) is 19.5. The maximum atomic E-state index is 13.2. The summed E-state index contributed by atoms with van der Waals surface area (Å²) < 4.78 is 10.7. The van der Waals surface area contributed by atoms with Gasteiger partial charge in [-0.3, -0.25) is 4.79 Å². The molecule has 5 nitrogen and oxygen atoms in total. The van der Waals surface area contributed by atoms with E-state index in [0.29, 0.717) is 18.8 Å². The first kappa shape index (κ1) is 17.8. The summed E-state index contributed by atoms with van der Waals surface area (Å²) in [6.07, 6.45) is 1.61. The molecule has 0 atom stereocenters. The number of rotatable bonds is 6. The van der Waals surface area contributed by atoms with Gasteiger partial charge in [0.05, 0.1) is 25.4 Å². The highest BCUT2D eigenvalue weighted by Gasteiger charge is 2.19. The Bertz CT molecular complexity index is 1070. The van der Waals surface area contributed by atoms with Crippen LogP contribution in [-0.4, -0.2) is 22.9 Å². The van der Waals surface area contributed by atoms with Gasteiger partial charge < -0.3 is 14.1 Å². The molecular weight excluding hydrogens is 352 g/mol. The van der Waals surface area contributed by atoms with Crippen molar-refractivity contribution in [2.75, 3.05) is 7.11 Å². The van der Waals surface area contributed by atoms with E-state index in [2.05, 4.69) is 4.98 Å². The van der Waals surface area contributed by atoms with Gasteiger partial charge >= 0.3 is 0 Å². The second kappa shape index (κ2) is 7.96. The van der Waals surface area contributed by atoms with Crippen molar-refractivity contribution in [3.8, 4) is 5.75 Å². The van der Waals surface area contributed by atoms with Crippen LogP contribution in [0.15, 0.2) is 83.5 Å². The third-order valence-corrected chi connectivity index (χ3v) is 4.56. The van der Waals surface area contributed by atoms with Gasteiger partial charge in [0.15, 0.2) is 0 Å². The molecule has 4 rings (SSSR count). The topological polar surface area (TPSA) is 55.6 Å². The molecule has 28 heavy (non-hydrogen) atoms. The van der Waals surface area contributed by atoms with Crippen LogP contribution in [0.5, 0.6) is 5.75 Å². The fourth-order valence-electron chi connectivity index (χ4n) is 3.09. The van der Waals surface area contributed by atoms with Crippen LogP contribution in [0.25, 0.3) is 10.9 Å². The summed E-state index contributed by atoms with van der Waals surface area (Å²) in [7, 11) is 1.63. The molecule has 140 valence electrons. The fraction of sp³-hybridized carbons (Fsp3) is 0.130. The smallest absolute Gasteiger partial charge is 0.273 e. The number of hydrogen-bond donors (Lipinski definition) is 0. The number of methoxy groups -OCH3 is 1. The molecule has 0 N–H and O–H groups in total. The SMILES string of the molecule is COc1ccc(CN(Cc2ccco2)C(=O)c2ccc3ccccc3n2)cc1. The van der Waals surface area contributed by atoms with Gasteiger partial charge in [0.2, 0.25) is 0 Å². The molecule has 0 fully saturated rings. The second-order valence-corrected chi connectivity index (χ2v) is 6.48. The van der Waals surface area contributed by atoms with Crippen molar-refractivity contribution >= 4 is 16.8 Å². The molecule has 0 saturated heterocycles. The molecule has 0 spiro atoms. The van der Waals surface area contributed by atoms with Crippen LogP contribution in [0.1, 0.15) is 21.8 Å². The van der Waals surface area contributed by atoms with Crippen molar-refractivity contribution in [3.05, 3.63) is 96.1 Å². The number of carbonyl (C=O) groups is 1. The molecule has 0 aliphatic heterocycles. The molecule has 2 aromatic heterocycles. The van der Waals surface area contributed by atoms with E-state index >= 15 is 0 Å². The highest BCUT2D eigenvalue weighted by atomic mass is 16.5. The zero-order valence-corrected chi connectivity index (χ0v) is 15.5. The number of benzene rings is 2. The zero-order valence-electron chi connectivity index (χ0n) is 15.5. The van der Waals surface area contributed by atoms with Crippen LogP contribution < -0.4 is 4.74 Å². The Morgan fingerprint density at radius 3 is 2.54 bits per heavy atom. The van der Waals surface area contributed by atoms with E-state index in [1.54, 1.807) is 24.3 Å². The molecule has 0 unspecified atom stereocenters. The van der Waals surface area contributed by atoms with Crippen LogP contribution in [0, 0.1) is 0 Å². The number of ether oxygens (including phenoxy) is 1. The van der Waals surface area contributed by atoms with E-state index in [-0.39, 0.29) is 5.91 Å². The lowest BCUT2D eigenvalue weighted by atomic mass is 10.1. The van der Waals surface area contributed by atoms with Gasteiger partial charge in [0.25, 0.3) is 5.91 Å². The summed E-state index contributed by atoms with van der Waals surface area (Å²) in [6.45, 7) is 0.810. The van der Waals surface area contributed by atoms with E-state index in [9.17, 15) is 4.79 Å². The largest absolute Gasteiger partial charge is 0.497 e. The summed E-state index contributed by atoms with van der Waals surface area (Å²) in [6, 6.07) is 22.8.